The molecule has 0 aliphatic carbocycles. The van der Waals surface area contributed by atoms with E-state index in [9.17, 15) is 9.18 Å². The molecule has 3 aromatic rings. The highest BCUT2D eigenvalue weighted by atomic mass is 19.1. The van der Waals surface area contributed by atoms with Crippen molar-refractivity contribution < 1.29 is 13.6 Å². The minimum Gasteiger partial charge on any atom is -0.457 e. The highest BCUT2D eigenvalue weighted by Gasteiger charge is 2.08. The number of para-hydroxylation sites is 1. The monoisotopic (exact) mass is 321 g/mol. The van der Waals surface area contributed by atoms with Crippen LogP contribution in [0.3, 0.4) is 0 Å². The molecule has 0 saturated heterocycles. The van der Waals surface area contributed by atoms with Crippen molar-refractivity contribution in [3.05, 3.63) is 83.9 Å². The fraction of sp³-hybridized carbons (Fsp3) is 0.0500. The highest BCUT2D eigenvalue weighted by Crippen LogP contribution is 2.25. The van der Waals surface area contributed by atoms with Gasteiger partial charge in [0.1, 0.15) is 17.3 Å². The van der Waals surface area contributed by atoms with E-state index >= 15 is 0 Å². The van der Waals surface area contributed by atoms with E-state index < -0.39 is 0 Å². The molecule has 1 amide bonds. The maximum absolute atomic E-state index is 13.7. The van der Waals surface area contributed by atoms with Gasteiger partial charge in [0.15, 0.2) is 0 Å². The molecule has 0 fully saturated rings. The Bertz CT molecular complexity index is 896. The Morgan fingerprint density at radius 3 is 2.58 bits per heavy atom. The number of halogens is 1. The van der Waals surface area contributed by atoms with Gasteiger partial charge >= 0.3 is 0 Å². The van der Waals surface area contributed by atoms with Gasteiger partial charge in [-0.05, 0) is 48.9 Å². The average Bonchev–Trinajstić information content (AvgIpc) is 3.04. The lowest BCUT2D eigenvalue weighted by Gasteiger charge is -2.04. The summed E-state index contributed by atoms with van der Waals surface area (Å²) < 4.78 is 19.3. The van der Waals surface area contributed by atoms with Crippen molar-refractivity contribution in [3.63, 3.8) is 0 Å². The molecule has 0 spiro atoms. The van der Waals surface area contributed by atoms with Crippen LogP contribution in [0, 0.1) is 12.7 Å². The first-order valence-electron chi connectivity index (χ1n) is 7.53. The molecule has 4 heteroatoms. The number of hydrogen-bond acceptors (Lipinski definition) is 2. The number of carbonyl (C=O) groups excluding carboxylic acids is 1. The van der Waals surface area contributed by atoms with Crippen molar-refractivity contribution in [1.82, 2.24) is 0 Å². The molecule has 1 heterocycles. The van der Waals surface area contributed by atoms with E-state index in [-0.39, 0.29) is 11.7 Å². The van der Waals surface area contributed by atoms with E-state index in [2.05, 4.69) is 5.32 Å². The topological polar surface area (TPSA) is 42.2 Å². The van der Waals surface area contributed by atoms with E-state index in [1.165, 1.54) is 12.1 Å². The zero-order valence-corrected chi connectivity index (χ0v) is 13.1. The van der Waals surface area contributed by atoms with Crippen LogP contribution in [-0.4, -0.2) is 5.91 Å². The van der Waals surface area contributed by atoms with Crippen LogP contribution in [0.15, 0.2) is 71.2 Å². The van der Waals surface area contributed by atoms with Crippen LogP contribution < -0.4 is 5.32 Å². The van der Waals surface area contributed by atoms with Gasteiger partial charge in [-0.2, -0.15) is 0 Å². The molecule has 1 aromatic heterocycles. The van der Waals surface area contributed by atoms with Crippen molar-refractivity contribution in [3.8, 4) is 11.3 Å². The van der Waals surface area contributed by atoms with Crippen LogP contribution >= 0.6 is 0 Å². The number of benzene rings is 2. The maximum atomic E-state index is 13.7. The van der Waals surface area contributed by atoms with E-state index in [0.717, 1.165) is 11.3 Å². The van der Waals surface area contributed by atoms with E-state index in [1.54, 1.807) is 36.4 Å². The Balaban J connectivity index is 1.70. The van der Waals surface area contributed by atoms with Gasteiger partial charge < -0.3 is 9.73 Å². The van der Waals surface area contributed by atoms with Crippen LogP contribution in [0.1, 0.15) is 11.3 Å². The van der Waals surface area contributed by atoms with Crippen LogP contribution in [-0.2, 0) is 4.79 Å². The number of carbonyl (C=O) groups is 1. The molecule has 0 unspecified atom stereocenters. The summed E-state index contributed by atoms with van der Waals surface area (Å²) in [7, 11) is 0. The number of aryl methyl sites for hydroxylation is 1. The Hall–Kier alpha value is -3.14. The van der Waals surface area contributed by atoms with E-state index in [0.29, 0.717) is 17.1 Å². The quantitative estimate of drug-likeness (QED) is 0.684. The standard InChI is InChI=1S/C20H16FNO2/c1-14-6-2-5-9-18(14)22-20(23)13-11-15-10-12-19(24-15)16-7-3-4-8-17(16)21/h2-13H,1H3,(H,22,23)/b13-11+. The highest BCUT2D eigenvalue weighted by molar-refractivity contribution is 6.02. The van der Waals surface area contributed by atoms with Crippen LogP contribution in [0.2, 0.25) is 0 Å². The first-order chi connectivity index (χ1) is 11.6. The van der Waals surface area contributed by atoms with Crippen molar-refractivity contribution in [2.24, 2.45) is 0 Å². The Morgan fingerprint density at radius 1 is 1.04 bits per heavy atom. The third kappa shape index (κ3) is 3.60. The lowest BCUT2D eigenvalue weighted by molar-refractivity contribution is -0.111. The van der Waals surface area contributed by atoms with Crippen LogP contribution in [0.4, 0.5) is 10.1 Å². The van der Waals surface area contributed by atoms with Crippen molar-refractivity contribution in [2.45, 2.75) is 6.92 Å². The zero-order valence-electron chi connectivity index (χ0n) is 13.1. The fourth-order valence-corrected chi connectivity index (χ4v) is 2.29. The molecule has 0 radical (unpaired) electrons. The first kappa shape index (κ1) is 15.7. The van der Waals surface area contributed by atoms with Gasteiger partial charge in [-0.15, -0.1) is 0 Å². The van der Waals surface area contributed by atoms with E-state index in [4.69, 9.17) is 4.42 Å². The lowest BCUT2D eigenvalue weighted by atomic mass is 10.1. The molecule has 0 aliphatic heterocycles. The summed E-state index contributed by atoms with van der Waals surface area (Å²) in [6.07, 6.45) is 2.94. The van der Waals surface area contributed by atoms with Crippen molar-refractivity contribution >= 4 is 17.7 Å². The summed E-state index contributed by atoms with van der Waals surface area (Å²) in [5.74, 6) is 0.299. The predicted octanol–water partition coefficient (Wildman–Crippen LogP) is 5.05. The summed E-state index contributed by atoms with van der Waals surface area (Å²) in [6, 6.07) is 17.3. The largest absolute Gasteiger partial charge is 0.457 e. The summed E-state index contributed by atoms with van der Waals surface area (Å²) in [4.78, 5) is 12.0. The molecule has 24 heavy (non-hydrogen) atoms. The van der Waals surface area contributed by atoms with Crippen LogP contribution in [0.5, 0.6) is 0 Å². The number of anilines is 1. The number of rotatable bonds is 4. The molecule has 0 atom stereocenters. The summed E-state index contributed by atoms with van der Waals surface area (Å²) in [6.45, 7) is 1.92. The number of nitrogens with one attached hydrogen (secondary N) is 1. The third-order valence-corrected chi connectivity index (χ3v) is 3.57. The number of hydrogen-bond donors (Lipinski definition) is 1. The minimum absolute atomic E-state index is 0.256. The summed E-state index contributed by atoms with van der Waals surface area (Å²) in [5, 5.41) is 2.80. The first-order valence-corrected chi connectivity index (χ1v) is 7.53. The van der Waals surface area contributed by atoms with Gasteiger partial charge in [0, 0.05) is 11.8 Å². The Labute approximate surface area is 139 Å². The molecule has 3 rings (SSSR count). The maximum Gasteiger partial charge on any atom is 0.248 e. The summed E-state index contributed by atoms with van der Waals surface area (Å²) in [5.41, 5.74) is 2.14. The molecule has 3 nitrogen and oxygen atoms in total. The molecule has 2 aromatic carbocycles. The second-order valence-corrected chi connectivity index (χ2v) is 5.32. The van der Waals surface area contributed by atoms with Crippen molar-refractivity contribution in [2.75, 3.05) is 5.32 Å². The Morgan fingerprint density at radius 2 is 1.79 bits per heavy atom. The Kier molecular flexibility index (Phi) is 4.57. The smallest absolute Gasteiger partial charge is 0.248 e. The molecule has 0 aliphatic rings. The van der Waals surface area contributed by atoms with Crippen molar-refractivity contribution in [1.29, 1.82) is 0 Å². The molecule has 0 bridgehead atoms. The van der Waals surface area contributed by atoms with Gasteiger partial charge in [-0.25, -0.2) is 4.39 Å². The van der Waals surface area contributed by atoms with Gasteiger partial charge in [0.25, 0.3) is 0 Å². The predicted molar refractivity (Wildman–Crippen MR) is 92.9 cm³/mol. The zero-order chi connectivity index (χ0) is 16.9. The average molecular weight is 321 g/mol. The third-order valence-electron chi connectivity index (χ3n) is 3.57. The van der Waals surface area contributed by atoms with Crippen LogP contribution in [0.25, 0.3) is 17.4 Å². The number of furan rings is 1. The van der Waals surface area contributed by atoms with Gasteiger partial charge in [0.2, 0.25) is 5.91 Å². The molecular formula is C20H16FNO2. The summed E-state index contributed by atoms with van der Waals surface area (Å²) >= 11 is 0. The van der Waals surface area contributed by atoms with Gasteiger partial charge in [-0.3, -0.25) is 4.79 Å². The lowest BCUT2D eigenvalue weighted by Crippen LogP contribution is -2.08. The fourth-order valence-electron chi connectivity index (χ4n) is 2.29. The second-order valence-electron chi connectivity index (χ2n) is 5.32. The van der Waals surface area contributed by atoms with Gasteiger partial charge in [-0.1, -0.05) is 30.3 Å². The molecule has 0 saturated carbocycles. The second kappa shape index (κ2) is 6.96. The van der Waals surface area contributed by atoms with E-state index in [1.807, 2.05) is 31.2 Å². The number of amides is 1. The SMILES string of the molecule is Cc1ccccc1NC(=O)/C=C/c1ccc(-c2ccccc2F)o1. The normalized spacial score (nSPS) is 10.9. The molecule has 1 N–H and O–H groups in total. The minimum atomic E-state index is -0.348. The molecule has 120 valence electrons. The van der Waals surface area contributed by atoms with Gasteiger partial charge in [0.05, 0.1) is 5.56 Å². The molecular weight excluding hydrogens is 305 g/mol.